The first-order valence-electron chi connectivity index (χ1n) is 7.02. The Hall–Kier alpha value is -3.11. The number of nitrogens with zero attached hydrogens (tertiary/aromatic N) is 1. The minimum absolute atomic E-state index is 0.279. The van der Waals surface area contributed by atoms with Crippen molar-refractivity contribution < 1.29 is 45.8 Å². The van der Waals surface area contributed by atoms with Crippen LogP contribution in [-0.4, -0.2) is 22.0 Å². The fourth-order valence-corrected chi connectivity index (χ4v) is 2.19. The minimum Gasteiger partial charge on any atom is -0.477 e. The fourth-order valence-electron chi connectivity index (χ4n) is 2.19. The molecule has 1 aromatic heterocycles. The Morgan fingerprint density at radius 2 is 1.63 bits per heavy atom. The van der Waals surface area contributed by atoms with Crippen LogP contribution in [0.5, 0.6) is 5.75 Å². The molecule has 27 heavy (non-hydrogen) atoms. The quantitative estimate of drug-likeness (QED) is 0.620. The van der Waals surface area contributed by atoms with Crippen LogP contribution in [0.1, 0.15) is 37.5 Å². The van der Waals surface area contributed by atoms with Gasteiger partial charge in [0.1, 0.15) is 5.56 Å². The first kappa shape index (κ1) is 20.2. The van der Waals surface area contributed by atoms with Crippen molar-refractivity contribution in [2.75, 3.05) is 0 Å². The minimum atomic E-state index is -5.19. The third-order valence-electron chi connectivity index (χ3n) is 3.34. The normalized spacial score (nSPS) is 12.0. The first-order chi connectivity index (χ1) is 12.3. The number of hydrogen-bond acceptors (Lipinski definition) is 4. The van der Waals surface area contributed by atoms with E-state index in [4.69, 9.17) is 5.11 Å². The number of carbonyl (C=O) groups excluding carboxylic acids is 1. The molecule has 0 aliphatic rings. The van der Waals surface area contributed by atoms with Gasteiger partial charge in [0, 0.05) is 11.8 Å². The van der Waals surface area contributed by atoms with E-state index in [1.807, 2.05) is 0 Å². The Balaban J connectivity index is 2.59. The van der Waals surface area contributed by atoms with E-state index in [0.29, 0.717) is 12.3 Å². The van der Waals surface area contributed by atoms with Crippen LogP contribution in [0.2, 0.25) is 0 Å². The Bertz CT molecular complexity index is 905. The van der Waals surface area contributed by atoms with Crippen molar-refractivity contribution in [1.82, 2.24) is 4.98 Å². The molecule has 0 atom stereocenters. The van der Waals surface area contributed by atoms with E-state index in [2.05, 4.69) is 9.72 Å². The molecule has 5 nitrogen and oxygen atoms in total. The number of aromatic nitrogens is 1. The molecular weight excluding hydrogens is 384 g/mol. The molecule has 2 rings (SSSR count). The SMILES string of the molecule is Cc1cnc(C(F)(F)F)c(C(=O)O)c1OC(=O)c1ccccc1C(F)(F)F. The van der Waals surface area contributed by atoms with Gasteiger partial charge in [-0.3, -0.25) is 4.98 Å². The zero-order valence-electron chi connectivity index (χ0n) is 13.3. The van der Waals surface area contributed by atoms with Gasteiger partial charge in [0.15, 0.2) is 11.4 Å². The number of benzene rings is 1. The zero-order chi connectivity index (χ0) is 20.6. The highest BCUT2D eigenvalue weighted by Crippen LogP contribution is 2.37. The molecule has 2 aromatic rings. The Labute approximate surface area is 147 Å². The van der Waals surface area contributed by atoms with E-state index < -0.39 is 52.4 Å². The number of aromatic carboxylic acids is 1. The fraction of sp³-hybridized carbons (Fsp3) is 0.188. The molecular formula is C16H9F6NO4. The molecule has 11 heteroatoms. The number of halogens is 6. The standard InChI is InChI=1S/C16H9F6NO4/c1-7-6-23-12(16(20,21)22)10(13(24)25)11(7)27-14(26)8-4-2-3-5-9(8)15(17,18)19/h2-6H,1H3,(H,24,25). The van der Waals surface area contributed by atoms with Gasteiger partial charge >= 0.3 is 24.3 Å². The van der Waals surface area contributed by atoms with Gasteiger partial charge < -0.3 is 9.84 Å². The van der Waals surface area contributed by atoms with E-state index in [0.717, 1.165) is 25.1 Å². The highest BCUT2D eigenvalue weighted by atomic mass is 19.4. The van der Waals surface area contributed by atoms with Gasteiger partial charge in [-0.2, -0.15) is 26.3 Å². The molecule has 144 valence electrons. The zero-order valence-corrected chi connectivity index (χ0v) is 13.3. The van der Waals surface area contributed by atoms with Crippen LogP contribution in [0.3, 0.4) is 0 Å². The molecule has 1 heterocycles. The highest BCUT2D eigenvalue weighted by molar-refractivity contribution is 5.97. The van der Waals surface area contributed by atoms with Gasteiger partial charge in [0.25, 0.3) is 0 Å². The maximum Gasteiger partial charge on any atom is 0.434 e. The average Bonchev–Trinajstić information content (AvgIpc) is 2.54. The van der Waals surface area contributed by atoms with Crippen LogP contribution in [0.15, 0.2) is 30.5 Å². The smallest absolute Gasteiger partial charge is 0.434 e. The molecule has 0 spiro atoms. The Morgan fingerprint density at radius 3 is 2.15 bits per heavy atom. The molecule has 0 unspecified atom stereocenters. The van der Waals surface area contributed by atoms with E-state index in [1.165, 1.54) is 0 Å². The van der Waals surface area contributed by atoms with E-state index in [9.17, 15) is 35.9 Å². The average molecular weight is 393 g/mol. The van der Waals surface area contributed by atoms with Gasteiger partial charge in [-0.25, -0.2) is 9.59 Å². The number of rotatable bonds is 3. The van der Waals surface area contributed by atoms with E-state index in [-0.39, 0.29) is 5.56 Å². The summed E-state index contributed by atoms with van der Waals surface area (Å²) in [6.45, 7) is 1.10. The number of esters is 1. The maximum absolute atomic E-state index is 13.0. The lowest BCUT2D eigenvalue weighted by Gasteiger charge is -2.16. The number of carboxylic acids is 1. The van der Waals surface area contributed by atoms with Crippen LogP contribution >= 0.6 is 0 Å². The molecule has 0 saturated carbocycles. The summed E-state index contributed by atoms with van der Waals surface area (Å²) in [6.07, 6.45) is -9.52. The van der Waals surface area contributed by atoms with Gasteiger partial charge in [0.05, 0.1) is 11.1 Å². The van der Waals surface area contributed by atoms with Crippen molar-refractivity contribution in [2.45, 2.75) is 19.3 Å². The van der Waals surface area contributed by atoms with Crippen molar-refractivity contribution in [3.05, 3.63) is 58.4 Å². The van der Waals surface area contributed by atoms with Crippen molar-refractivity contribution in [3.63, 3.8) is 0 Å². The first-order valence-corrected chi connectivity index (χ1v) is 7.02. The second-order valence-electron chi connectivity index (χ2n) is 5.23. The number of ether oxygens (including phenoxy) is 1. The lowest BCUT2D eigenvalue weighted by atomic mass is 10.1. The van der Waals surface area contributed by atoms with Crippen LogP contribution in [-0.2, 0) is 12.4 Å². The topological polar surface area (TPSA) is 76.5 Å². The van der Waals surface area contributed by atoms with Crippen molar-refractivity contribution in [3.8, 4) is 5.75 Å². The summed E-state index contributed by atoms with van der Waals surface area (Å²) in [7, 11) is 0. The molecule has 0 aliphatic heterocycles. The monoisotopic (exact) mass is 393 g/mol. The maximum atomic E-state index is 13.0. The summed E-state index contributed by atoms with van der Waals surface area (Å²) in [6, 6.07) is 3.42. The van der Waals surface area contributed by atoms with Crippen molar-refractivity contribution in [1.29, 1.82) is 0 Å². The van der Waals surface area contributed by atoms with Crippen LogP contribution in [0.4, 0.5) is 26.3 Å². The summed E-state index contributed by atoms with van der Waals surface area (Å²) < 4.78 is 82.6. The molecule has 0 aliphatic carbocycles. The van der Waals surface area contributed by atoms with Crippen molar-refractivity contribution >= 4 is 11.9 Å². The van der Waals surface area contributed by atoms with Gasteiger partial charge in [-0.1, -0.05) is 12.1 Å². The van der Waals surface area contributed by atoms with E-state index >= 15 is 0 Å². The summed E-state index contributed by atoms with van der Waals surface area (Å²) in [4.78, 5) is 26.4. The summed E-state index contributed by atoms with van der Waals surface area (Å²) >= 11 is 0. The number of carboxylic acid groups (broad SMARTS) is 1. The number of hydrogen-bond donors (Lipinski definition) is 1. The summed E-state index contributed by atoms with van der Waals surface area (Å²) in [5.74, 6) is -4.80. The lowest BCUT2D eigenvalue weighted by Crippen LogP contribution is -2.21. The molecule has 0 saturated heterocycles. The molecule has 0 fully saturated rings. The predicted molar refractivity (Wildman–Crippen MR) is 77.3 cm³/mol. The van der Waals surface area contributed by atoms with Crippen LogP contribution in [0.25, 0.3) is 0 Å². The Morgan fingerprint density at radius 1 is 1.04 bits per heavy atom. The van der Waals surface area contributed by atoms with Gasteiger partial charge in [0.2, 0.25) is 0 Å². The van der Waals surface area contributed by atoms with Crippen LogP contribution in [0, 0.1) is 6.92 Å². The molecule has 1 N–H and O–H groups in total. The second-order valence-corrected chi connectivity index (χ2v) is 5.23. The summed E-state index contributed by atoms with van der Waals surface area (Å²) in [5.41, 5.74) is -5.95. The molecule has 0 radical (unpaired) electrons. The molecule has 0 bridgehead atoms. The van der Waals surface area contributed by atoms with Crippen LogP contribution < -0.4 is 4.74 Å². The predicted octanol–water partition coefficient (Wildman–Crippen LogP) is 4.35. The number of aryl methyl sites for hydroxylation is 1. The third kappa shape index (κ3) is 4.18. The highest BCUT2D eigenvalue weighted by Gasteiger charge is 2.41. The second kappa shape index (κ2) is 6.89. The van der Waals surface area contributed by atoms with E-state index in [1.54, 1.807) is 0 Å². The lowest BCUT2D eigenvalue weighted by molar-refractivity contribution is -0.141. The Kier molecular flexibility index (Phi) is 5.16. The number of pyridine rings is 1. The number of alkyl halides is 6. The van der Waals surface area contributed by atoms with Gasteiger partial charge in [-0.05, 0) is 19.1 Å². The summed E-state index contributed by atoms with van der Waals surface area (Å²) in [5, 5.41) is 9.09. The number of carbonyl (C=O) groups is 2. The largest absolute Gasteiger partial charge is 0.477 e. The third-order valence-corrected chi connectivity index (χ3v) is 3.34. The molecule has 1 aromatic carbocycles. The van der Waals surface area contributed by atoms with Gasteiger partial charge in [-0.15, -0.1) is 0 Å². The van der Waals surface area contributed by atoms with Crippen molar-refractivity contribution in [2.24, 2.45) is 0 Å². The molecule has 0 amide bonds.